The molecule has 1 aromatic heterocycles. The molecule has 0 amide bonds. The average molecular weight is 377 g/mol. The topological polar surface area (TPSA) is 64.0 Å². The molecule has 0 aliphatic carbocycles. The maximum Gasteiger partial charge on any atom is 0.265 e. The van der Waals surface area contributed by atoms with Crippen molar-refractivity contribution in [2.75, 3.05) is 4.72 Å². The minimum atomic E-state index is -3.58. The summed E-state index contributed by atoms with van der Waals surface area (Å²) in [5, 5.41) is 3.94. The zero-order valence-electron chi connectivity index (χ0n) is 9.88. The summed E-state index contributed by atoms with van der Waals surface area (Å²) < 4.78 is 29.4. The fourth-order valence-corrected chi connectivity index (χ4v) is 3.48. The van der Waals surface area contributed by atoms with E-state index in [2.05, 4.69) is 32.4 Å². The Hall–Kier alpha value is -1.09. The third-order valence-electron chi connectivity index (χ3n) is 2.60. The normalized spacial score (nSPS) is 11.5. The second-order valence-electron chi connectivity index (χ2n) is 3.80. The second-order valence-corrected chi connectivity index (χ2v) is 6.62. The van der Waals surface area contributed by atoms with Gasteiger partial charge in [-0.15, -0.1) is 0 Å². The number of rotatable bonds is 3. The lowest BCUT2D eigenvalue weighted by Crippen LogP contribution is -2.14. The largest absolute Gasteiger partial charge is 0.278 e. The Kier molecular flexibility index (Phi) is 3.62. The summed E-state index contributed by atoms with van der Waals surface area (Å²) in [6, 6.07) is 7.21. The molecule has 7 heteroatoms. The number of benzene rings is 1. The first-order valence-electron chi connectivity index (χ1n) is 5.18. The molecule has 0 unspecified atom stereocenters. The Morgan fingerprint density at radius 3 is 2.56 bits per heavy atom. The van der Waals surface area contributed by atoms with Crippen molar-refractivity contribution in [2.45, 2.75) is 11.8 Å². The lowest BCUT2D eigenvalue weighted by Gasteiger charge is -2.09. The van der Waals surface area contributed by atoms with Crippen LogP contribution in [0.4, 0.5) is 5.69 Å². The van der Waals surface area contributed by atoms with Gasteiger partial charge in [0.2, 0.25) is 0 Å². The Balaban J connectivity index is 2.40. The number of nitrogens with zero attached hydrogens (tertiary/aromatic N) is 2. The molecule has 0 aliphatic heterocycles. The third kappa shape index (κ3) is 2.51. The van der Waals surface area contributed by atoms with Crippen LogP contribution in [0.1, 0.15) is 5.69 Å². The van der Waals surface area contributed by atoms with Crippen LogP contribution in [0.5, 0.6) is 0 Å². The van der Waals surface area contributed by atoms with Gasteiger partial charge in [-0.25, -0.2) is 8.42 Å². The van der Waals surface area contributed by atoms with Crippen LogP contribution in [0.3, 0.4) is 0 Å². The highest BCUT2D eigenvalue weighted by Gasteiger charge is 2.20. The van der Waals surface area contributed by atoms with Crippen LogP contribution in [0.25, 0.3) is 0 Å². The van der Waals surface area contributed by atoms with Crippen molar-refractivity contribution in [3.63, 3.8) is 0 Å². The maximum absolute atomic E-state index is 12.2. The highest BCUT2D eigenvalue weighted by atomic mass is 127. The maximum atomic E-state index is 12.2. The molecule has 0 saturated carbocycles. The molecule has 5 nitrogen and oxygen atoms in total. The SMILES string of the molecule is Cc1c(S(=O)(=O)Nc2ccccc2I)cnn1C. The van der Waals surface area contributed by atoms with E-state index in [1.165, 1.54) is 10.9 Å². The highest BCUT2D eigenvalue weighted by Crippen LogP contribution is 2.22. The molecule has 0 aliphatic rings. The van der Waals surface area contributed by atoms with Crippen LogP contribution in [0.2, 0.25) is 0 Å². The number of hydrogen-bond acceptors (Lipinski definition) is 3. The number of hydrogen-bond donors (Lipinski definition) is 1. The summed E-state index contributed by atoms with van der Waals surface area (Å²) in [7, 11) is -1.87. The number of para-hydroxylation sites is 1. The van der Waals surface area contributed by atoms with Gasteiger partial charge in [-0.1, -0.05) is 12.1 Å². The molecule has 0 radical (unpaired) electrons. The first-order valence-corrected chi connectivity index (χ1v) is 7.74. The Bertz CT molecular complexity index is 679. The van der Waals surface area contributed by atoms with Gasteiger partial charge < -0.3 is 0 Å². The van der Waals surface area contributed by atoms with E-state index in [1.807, 2.05) is 12.1 Å². The molecular formula is C11H12IN3O2S. The lowest BCUT2D eigenvalue weighted by atomic mass is 10.3. The Morgan fingerprint density at radius 1 is 1.33 bits per heavy atom. The molecule has 1 heterocycles. The molecule has 1 aromatic carbocycles. The van der Waals surface area contributed by atoms with Crippen molar-refractivity contribution in [1.29, 1.82) is 0 Å². The van der Waals surface area contributed by atoms with E-state index >= 15 is 0 Å². The minimum absolute atomic E-state index is 0.199. The first kappa shape index (κ1) is 13.3. The summed E-state index contributed by atoms with van der Waals surface area (Å²) in [6.07, 6.45) is 1.35. The number of sulfonamides is 1. The van der Waals surface area contributed by atoms with Crippen molar-refractivity contribution in [3.8, 4) is 0 Å². The molecule has 0 saturated heterocycles. The van der Waals surface area contributed by atoms with Crippen LogP contribution < -0.4 is 4.72 Å². The average Bonchev–Trinajstić information content (AvgIpc) is 2.63. The molecule has 0 fully saturated rings. The van der Waals surface area contributed by atoms with Gasteiger partial charge in [0.25, 0.3) is 10.0 Å². The van der Waals surface area contributed by atoms with E-state index in [0.29, 0.717) is 11.4 Å². The molecule has 0 atom stereocenters. The van der Waals surface area contributed by atoms with E-state index in [9.17, 15) is 8.42 Å². The minimum Gasteiger partial charge on any atom is -0.278 e. The van der Waals surface area contributed by atoms with E-state index in [4.69, 9.17) is 0 Å². The van der Waals surface area contributed by atoms with Gasteiger partial charge in [0.1, 0.15) is 4.90 Å². The van der Waals surface area contributed by atoms with Crippen LogP contribution in [0, 0.1) is 10.5 Å². The molecular weight excluding hydrogens is 365 g/mol. The smallest absolute Gasteiger partial charge is 0.265 e. The van der Waals surface area contributed by atoms with E-state index < -0.39 is 10.0 Å². The Morgan fingerprint density at radius 2 is 2.00 bits per heavy atom. The van der Waals surface area contributed by atoms with Crippen LogP contribution >= 0.6 is 22.6 Å². The first-order chi connectivity index (χ1) is 8.42. The van der Waals surface area contributed by atoms with Gasteiger partial charge in [-0.3, -0.25) is 9.40 Å². The fourth-order valence-electron chi connectivity index (χ4n) is 1.49. The Labute approximate surface area is 119 Å². The molecule has 0 spiro atoms. The number of halogens is 1. The second kappa shape index (κ2) is 4.88. The zero-order chi connectivity index (χ0) is 13.3. The number of aryl methyl sites for hydroxylation is 1. The summed E-state index contributed by atoms with van der Waals surface area (Å²) in [4.78, 5) is 0.199. The van der Waals surface area contributed by atoms with Crippen molar-refractivity contribution < 1.29 is 8.42 Å². The molecule has 96 valence electrons. The van der Waals surface area contributed by atoms with E-state index in [-0.39, 0.29) is 4.90 Å². The zero-order valence-corrected chi connectivity index (χ0v) is 12.9. The van der Waals surface area contributed by atoms with Crippen molar-refractivity contribution in [2.24, 2.45) is 7.05 Å². The lowest BCUT2D eigenvalue weighted by molar-refractivity contribution is 0.600. The molecule has 18 heavy (non-hydrogen) atoms. The van der Waals surface area contributed by atoms with Crippen molar-refractivity contribution >= 4 is 38.3 Å². The van der Waals surface area contributed by atoms with Crippen LogP contribution in [0.15, 0.2) is 35.4 Å². The van der Waals surface area contributed by atoms with E-state index in [1.54, 1.807) is 26.1 Å². The number of nitrogens with one attached hydrogen (secondary N) is 1. The predicted octanol–water partition coefficient (Wildman–Crippen LogP) is 2.13. The molecule has 2 aromatic rings. The molecule has 2 rings (SSSR count). The van der Waals surface area contributed by atoms with E-state index in [0.717, 1.165) is 3.57 Å². The van der Waals surface area contributed by atoms with Crippen molar-refractivity contribution in [1.82, 2.24) is 9.78 Å². The third-order valence-corrected chi connectivity index (χ3v) is 5.01. The summed E-state index contributed by atoms with van der Waals surface area (Å²) in [6.45, 7) is 1.72. The standard InChI is InChI=1S/C11H12IN3O2S/c1-8-11(7-13-15(8)2)18(16,17)14-10-6-4-3-5-9(10)12/h3-7,14H,1-2H3. The summed E-state index contributed by atoms with van der Waals surface area (Å²) in [5.41, 5.74) is 1.18. The van der Waals surface area contributed by atoms with Crippen LogP contribution in [-0.4, -0.2) is 18.2 Å². The van der Waals surface area contributed by atoms with Crippen molar-refractivity contribution in [3.05, 3.63) is 39.7 Å². The number of anilines is 1. The number of aromatic nitrogens is 2. The summed E-state index contributed by atoms with van der Waals surface area (Å²) >= 11 is 2.09. The van der Waals surface area contributed by atoms with Gasteiger partial charge in [0, 0.05) is 10.6 Å². The molecule has 0 bridgehead atoms. The van der Waals surface area contributed by atoms with Gasteiger partial charge in [-0.2, -0.15) is 5.10 Å². The summed E-state index contributed by atoms with van der Waals surface area (Å²) in [5.74, 6) is 0. The van der Waals surface area contributed by atoms with Gasteiger partial charge in [0.05, 0.1) is 17.6 Å². The fraction of sp³-hybridized carbons (Fsp3) is 0.182. The van der Waals surface area contributed by atoms with Gasteiger partial charge in [0.15, 0.2) is 0 Å². The highest BCUT2D eigenvalue weighted by molar-refractivity contribution is 14.1. The van der Waals surface area contributed by atoms with Crippen LogP contribution in [-0.2, 0) is 17.1 Å². The monoisotopic (exact) mass is 377 g/mol. The predicted molar refractivity (Wildman–Crippen MR) is 77.9 cm³/mol. The van der Waals surface area contributed by atoms with Gasteiger partial charge >= 0.3 is 0 Å². The van der Waals surface area contributed by atoms with Gasteiger partial charge in [-0.05, 0) is 41.6 Å². The quantitative estimate of drug-likeness (QED) is 0.834. The molecule has 1 N–H and O–H groups in total.